The fourth-order valence-electron chi connectivity index (χ4n) is 0.178. The van der Waals surface area contributed by atoms with Gasteiger partial charge in [-0.3, -0.25) is 0 Å². The Kier molecular flexibility index (Phi) is 4.68. The third-order valence-corrected chi connectivity index (χ3v) is 4.99. The average Bonchev–Trinajstić information content (AvgIpc) is 1.65. The highest BCUT2D eigenvalue weighted by Gasteiger charge is 2.17. The molecule has 0 aromatic carbocycles. The van der Waals surface area contributed by atoms with Crippen molar-refractivity contribution in [1.82, 2.24) is 0 Å². The van der Waals surface area contributed by atoms with Gasteiger partial charge in [-0.15, -0.1) is 0 Å². The van der Waals surface area contributed by atoms with E-state index in [1.165, 1.54) is 0 Å². The van der Waals surface area contributed by atoms with E-state index in [0.717, 1.165) is 6.42 Å². The van der Waals surface area contributed by atoms with Crippen molar-refractivity contribution in [3.63, 3.8) is 0 Å². The number of hydrogen-bond donors (Lipinski definition) is 0. The summed E-state index contributed by atoms with van der Waals surface area (Å²) in [5, 5.41) is 0. The van der Waals surface area contributed by atoms with Crippen molar-refractivity contribution in [2.24, 2.45) is 0 Å². The van der Waals surface area contributed by atoms with E-state index < -0.39 is 12.3 Å². The molecule has 0 aliphatic heterocycles. The molecule has 7 heavy (non-hydrogen) atoms. The zero-order valence-electron chi connectivity index (χ0n) is 4.62. The minimum absolute atomic E-state index is 0.573. The zero-order valence-corrected chi connectivity index (χ0v) is 7.28. The lowest BCUT2D eigenvalue weighted by Crippen LogP contribution is -2.00. The number of halogens is 2. The van der Waals surface area contributed by atoms with Crippen molar-refractivity contribution >= 4 is 32.4 Å². The van der Waals surface area contributed by atoms with Crippen LogP contribution in [0.3, 0.4) is 0 Å². The maximum atomic E-state index is 5.63. The molecular weight excluding hydrogens is 146 g/mol. The molecule has 0 saturated heterocycles. The first-order valence-electron chi connectivity index (χ1n) is 2.46. The van der Waals surface area contributed by atoms with Gasteiger partial charge in [0.2, 0.25) is 0 Å². The summed E-state index contributed by atoms with van der Waals surface area (Å²) >= 11 is -1.32. The van der Waals surface area contributed by atoms with Gasteiger partial charge in [0.25, 0.3) is 0 Å². The monoisotopic (exact) mass is 154 g/mol. The highest BCUT2D eigenvalue weighted by Crippen LogP contribution is 2.18. The average molecular weight is 155 g/mol. The highest BCUT2D eigenvalue weighted by molar-refractivity contribution is 7.34. The lowest BCUT2D eigenvalue weighted by molar-refractivity contribution is 0.874. The molecule has 3 heteroatoms. The fraction of sp³-hybridized carbons (Fsp3) is 1.00. The fourth-order valence-corrected chi connectivity index (χ4v) is 1.60. The van der Waals surface area contributed by atoms with Gasteiger partial charge in [-0.1, -0.05) is 25.0 Å². The minimum Gasteiger partial charge on any atom is -0.233 e. The summed E-state index contributed by atoms with van der Waals surface area (Å²) in [6, 6.07) is 0. The van der Waals surface area contributed by atoms with Crippen LogP contribution < -0.4 is 0 Å². The molecule has 0 N–H and O–H groups in total. The van der Waals surface area contributed by atoms with Crippen LogP contribution in [0.4, 0.5) is 0 Å². The molecule has 0 radical (unpaired) electrons. The Bertz CT molecular complexity index is 47.0. The van der Waals surface area contributed by atoms with Crippen molar-refractivity contribution in [1.29, 1.82) is 0 Å². The molecule has 42 valence electrons. The Morgan fingerprint density at radius 3 is 2.00 bits per heavy atom. The summed E-state index contributed by atoms with van der Waals surface area (Å²) in [6.45, 7) is 4.20. The number of hydrogen-bond acceptors (Lipinski definition) is 0. The largest absolute Gasteiger partial charge is 0.522 e. The van der Waals surface area contributed by atoms with Crippen LogP contribution in [-0.4, -0.2) is 12.3 Å². The van der Waals surface area contributed by atoms with Gasteiger partial charge in [0.15, 0.2) is 0 Å². The summed E-state index contributed by atoms with van der Waals surface area (Å²) < 4.78 is 0.573. The third-order valence-electron chi connectivity index (χ3n) is 1.07. The molecule has 0 aliphatic carbocycles. The summed E-state index contributed by atoms with van der Waals surface area (Å²) in [4.78, 5) is 0. The summed E-state index contributed by atoms with van der Waals surface area (Å²) in [5.41, 5.74) is 0. The first-order chi connectivity index (χ1) is 3.18. The predicted molar refractivity (Wildman–Crippen MR) is 37.2 cm³/mol. The van der Waals surface area contributed by atoms with Crippen LogP contribution in [0.5, 0.6) is 0 Å². The van der Waals surface area contributed by atoms with Gasteiger partial charge in [0, 0.05) is 0 Å². The van der Waals surface area contributed by atoms with E-state index in [0.29, 0.717) is 4.78 Å². The van der Waals surface area contributed by atoms with Crippen LogP contribution in [0, 0.1) is 0 Å². The van der Waals surface area contributed by atoms with Crippen LogP contribution in [0.1, 0.15) is 20.3 Å². The topological polar surface area (TPSA) is 0 Å². The molecule has 1 atom stereocenters. The van der Waals surface area contributed by atoms with Crippen molar-refractivity contribution < 1.29 is 0 Å². The van der Waals surface area contributed by atoms with Crippen LogP contribution >= 0.6 is 20.1 Å². The van der Waals surface area contributed by atoms with E-state index in [1.54, 1.807) is 0 Å². The molecular formula is C4H9AlCl2. The van der Waals surface area contributed by atoms with E-state index >= 15 is 0 Å². The Labute approximate surface area is 57.6 Å². The molecule has 0 bridgehead atoms. The quantitative estimate of drug-likeness (QED) is 0.537. The van der Waals surface area contributed by atoms with Crippen LogP contribution in [0.2, 0.25) is 4.78 Å². The zero-order chi connectivity index (χ0) is 5.86. The Morgan fingerprint density at radius 1 is 1.57 bits per heavy atom. The summed E-state index contributed by atoms with van der Waals surface area (Å²) in [7, 11) is 11.3. The molecule has 0 rings (SSSR count). The lowest BCUT2D eigenvalue weighted by atomic mass is 10.4. The molecule has 0 fully saturated rings. The van der Waals surface area contributed by atoms with Crippen molar-refractivity contribution in [3.05, 3.63) is 0 Å². The van der Waals surface area contributed by atoms with Gasteiger partial charge >= 0.3 is 12.3 Å². The first-order valence-corrected chi connectivity index (χ1v) is 6.62. The standard InChI is InChI=1S/C4H9.Al.2ClH/c1-3-4-2;;;/h3H,4H2,1-2H3;;2*1H/q;+2;;/p-2. The second-order valence-corrected chi connectivity index (χ2v) is 7.02. The predicted octanol–water partition coefficient (Wildman–Crippen LogP) is 2.75. The van der Waals surface area contributed by atoms with Gasteiger partial charge in [-0.25, -0.2) is 20.1 Å². The molecule has 0 heterocycles. The highest BCUT2D eigenvalue weighted by atomic mass is 35.7. The van der Waals surface area contributed by atoms with E-state index in [4.69, 9.17) is 20.1 Å². The molecule has 0 spiro atoms. The van der Waals surface area contributed by atoms with Gasteiger partial charge in [-0.2, -0.15) is 0 Å². The summed E-state index contributed by atoms with van der Waals surface area (Å²) in [6.07, 6.45) is 1.11. The SMILES string of the molecule is CC[CH](C)[Al]([Cl])[Cl]. The van der Waals surface area contributed by atoms with Crippen molar-refractivity contribution in [2.45, 2.75) is 25.0 Å². The lowest BCUT2D eigenvalue weighted by Gasteiger charge is -2.00. The normalized spacial score (nSPS) is 13.7. The van der Waals surface area contributed by atoms with Gasteiger partial charge in [0.1, 0.15) is 0 Å². The minimum atomic E-state index is -1.32. The van der Waals surface area contributed by atoms with Crippen LogP contribution in [0.15, 0.2) is 0 Å². The molecule has 0 nitrogen and oxygen atoms in total. The second kappa shape index (κ2) is 4.04. The Balaban J connectivity index is 3.14. The van der Waals surface area contributed by atoms with Gasteiger partial charge < -0.3 is 0 Å². The third kappa shape index (κ3) is 3.67. The molecule has 0 aromatic heterocycles. The van der Waals surface area contributed by atoms with E-state index in [-0.39, 0.29) is 0 Å². The van der Waals surface area contributed by atoms with E-state index in [1.807, 2.05) is 0 Å². The Hall–Kier alpha value is 1.11. The van der Waals surface area contributed by atoms with Gasteiger partial charge in [-0.05, 0) is 0 Å². The number of rotatable bonds is 2. The molecule has 0 amide bonds. The molecule has 0 aliphatic rings. The smallest absolute Gasteiger partial charge is 0.233 e. The molecule has 1 unspecified atom stereocenters. The van der Waals surface area contributed by atoms with Crippen LogP contribution in [0.25, 0.3) is 0 Å². The Morgan fingerprint density at radius 2 is 2.00 bits per heavy atom. The maximum absolute atomic E-state index is 5.63. The molecule has 0 saturated carbocycles. The summed E-state index contributed by atoms with van der Waals surface area (Å²) in [5.74, 6) is 0. The van der Waals surface area contributed by atoms with E-state index in [2.05, 4.69) is 13.8 Å². The van der Waals surface area contributed by atoms with Crippen molar-refractivity contribution in [3.8, 4) is 0 Å². The van der Waals surface area contributed by atoms with Crippen LogP contribution in [-0.2, 0) is 0 Å². The van der Waals surface area contributed by atoms with E-state index in [9.17, 15) is 0 Å². The van der Waals surface area contributed by atoms with Crippen molar-refractivity contribution in [2.75, 3.05) is 0 Å². The van der Waals surface area contributed by atoms with Gasteiger partial charge in [0.05, 0.1) is 0 Å². The maximum Gasteiger partial charge on any atom is 0.522 e. The molecule has 0 aromatic rings. The first kappa shape index (κ1) is 8.11. The second-order valence-electron chi connectivity index (χ2n) is 1.72.